The summed E-state index contributed by atoms with van der Waals surface area (Å²) >= 11 is 1.48. The van der Waals surface area contributed by atoms with Crippen LogP contribution in [0.3, 0.4) is 0 Å². The summed E-state index contributed by atoms with van der Waals surface area (Å²) in [5.41, 5.74) is 0.259. The van der Waals surface area contributed by atoms with E-state index in [0.717, 1.165) is 4.88 Å². The minimum Gasteiger partial charge on any atom is -0.378 e. The lowest BCUT2D eigenvalue weighted by Gasteiger charge is -2.27. The summed E-state index contributed by atoms with van der Waals surface area (Å²) in [6.45, 7) is 1.98. The van der Waals surface area contributed by atoms with Gasteiger partial charge in [0.05, 0.1) is 31.4 Å². The number of hydrogen-bond acceptors (Lipinski definition) is 6. The van der Waals surface area contributed by atoms with Crippen molar-refractivity contribution in [2.24, 2.45) is 0 Å². The van der Waals surface area contributed by atoms with Crippen molar-refractivity contribution in [2.45, 2.75) is 6.42 Å². The van der Waals surface area contributed by atoms with Crippen molar-refractivity contribution < 1.29 is 14.3 Å². The molecule has 3 aromatic rings. The first-order valence-corrected chi connectivity index (χ1v) is 9.71. The van der Waals surface area contributed by atoms with Gasteiger partial charge in [-0.3, -0.25) is 18.8 Å². The number of anilines is 1. The highest BCUT2D eigenvalue weighted by Gasteiger charge is 2.22. The standard InChI is InChI=1S/C19H18N4O4S/c24-16(11-13-3-2-10-28-13)21-15-12-20-17-14(4-1-5-23(17)19(15)26)18(25)22-6-8-27-9-7-22/h1-5,10,12H,6-9,11H2,(H,21,24). The molecule has 28 heavy (non-hydrogen) atoms. The Morgan fingerprint density at radius 1 is 1.21 bits per heavy atom. The van der Waals surface area contributed by atoms with E-state index in [-0.39, 0.29) is 29.6 Å². The third kappa shape index (κ3) is 3.67. The first-order chi connectivity index (χ1) is 13.6. The summed E-state index contributed by atoms with van der Waals surface area (Å²) in [5.74, 6) is -0.482. The van der Waals surface area contributed by atoms with Crippen molar-refractivity contribution in [3.8, 4) is 0 Å². The Balaban J connectivity index is 1.61. The number of carbonyl (C=O) groups is 2. The first-order valence-electron chi connectivity index (χ1n) is 8.83. The van der Waals surface area contributed by atoms with Crippen LogP contribution in [-0.2, 0) is 16.0 Å². The fourth-order valence-electron chi connectivity index (χ4n) is 3.06. The van der Waals surface area contributed by atoms with Crippen molar-refractivity contribution >= 4 is 34.5 Å². The van der Waals surface area contributed by atoms with E-state index in [1.54, 1.807) is 17.0 Å². The molecule has 3 aromatic heterocycles. The number of rotatable bonds is 4. The topological polar surface area (TPSA) is 93.0 Å². The van der Waals surface area contributed by atoms with E-state index in [4.69, 9.17) is 4.74 Å². The molecule has 4 heterocycles. The molecular formula is C19H18N4O4S. The smallest absolute Gasteiger partial charge is 0.281 e. The third-order valence-corrected chi connectivity index (χ3v) is 5.33. The molecule has 0 aliphatic carbocycles. The second kappa shape index (κ2) is 7.91. The van der Waals surface area contributed by atoms with Gasteiger partial charge < -0.3 is 15.0 Å². The number of ether oxygens (including phenoxy) is 1. The molecule has 0 bridgehead atoms. The number of nitrogens with one attached hydrogen (secondary N) is 1. The summed E-state index contributed by atoms with van der Waals surface area (Å²) in [7, 11) is 0. The maximum atomic E-state index is 12.8. The Morgan fingerprint density at radius 2 is 2.04 bits per heavy atom. The van der Waals surface area contributed by atoms with E-state index < -0.39 is 5.56 Å². The number of aromatic nitrogens is 2. The highest BCUT2D eigenvalue weighted by Crippen LogP contribution is 2.14. The molecule has 0 spiro atoms. The number of pyridine rings is 1. The van der Waals surface area contributed by atoms with Gasteiger partial charge in [-0.05, 0) is 23.6 Å². The molecule has 2 amide bonds. The Kier molecular flexibility index (Phi) is 5.18. The lowest BCUT2D eigenvalue weighted by atomic mass is 10.2. The number of fused-ring (bicyclic) bond motifs is 1. The molecule has 1 fully saturated rings. The Bertz CT molecular complexity index is 1070. The van der Waals surface area contributed by atoms with Gasteiger partial charge in [0, 0.05) is 24.2 Å². The number of thiophene rings is 1. The van der Waals surface area contributed by atoms with Crippen molar-refractivity contribution in [3.05, 3.63) is 62.8 Å². The zero-order chi connectivity index (χ0) is 19.5. The molecular weight excluding hydrogens is 380 g/mol. The third-order valence-electron chi connectivity index (χ3n) is 4.45. The van der Waals surface area contributed by atoms with Crippen molar-refractivity contribution in [1.29, 1.82) is 0 Å². The molecule has 1 N–H and O–H groups in total. The molecule has 8 nitrogen and oxygen atoms in total. The van der Waals surface area contributed by atoms with Gasteiger partial charge in [0.1, 0.15) is 5.69 Å². The van der Waals surface area contributed by atoms with Crippen molar-refractivity contribution in [3.63, 3.8) is 0 Å². The molecule has 0 aromatic carbocycles. The second-order valence-electron chi connectivity index (χ2n) is 6.30. The Labute approximate surface area is 164 Å². The predicted molar refractivity (Wildman–Crippen MR) is 105 cm³/mol. The lowest BCUT2D eigenvalue weighted by molar-refractivity contribution is -0.115. The van der Waals surface area contributed by atoms with Crippen LogP contribution < -0.4 is 10.9 Å². The molecule has 9 heteroatoms. The summed E-state index contributed by atoms with van der Waals surface area (Å²) in [6.07, 6.45) is 3.03. The number of carbonyl (C=O) groups excluding carboxylic acids is 2. The van der Waals surface area contributed by atoms with E-state index in [9.17, 15) is 14.4 Å². The number of amides is 2. The summed E-state index contributed by atoms with van der Waals surface area (Å²) in [5, 5.41) is 4.50. The van der Waals surface area contributed by atoms with Gasteiger partial charge in [-0.25, -0.2) is 4.98 Å². The lowest BCUT2D eigenvalue weighted by Crippen LogP contribution is -2.41. The van der Waals surface area contributed by atoms with E-state index in [1.807, 2.05) is 17.5 Å². The largest absolute Gasteiger partial charge is 0.378 e. The molecule has 0 unspecified atom stereocenters. The molecule has 0 radical (unpaired) electrons. The monoisotopic (exact) mass is 398 g/mol. The van der Waals surface area contributed by atoms with Crippen LogP contribution >= 0.6 is 11.3 Å². The fourth-order valence-corrected chi connectivity index (χ4v) is 3.77. The highest BCUT2D eigenvalue weighted by molar-refractivity contribution is 7.10. The molecule has 0 atom stereocenters. The molecule has 1 saturated heterocycles. The number of nitrogens with zero attached hydrogens (tertiary/aromatic N) is 3. The van der Waals surface area contributed by atoms with Gasteiger partial charge in [-0.1, -0.05) is 6.07 Å². The van der Waals surface area contributed by atoms with Crippen molar-refractivity contribution in [2.75, 3.05) is 31.6 Å². The van der Waals surface area contributed by atoms with Crippen LogP contribution in [0.1, 0.15) is 15.2 Å². The van der Waals surface area contributed by atoms with Gasteiger partial charge in [0.25, 0.3) is 11.5 Å². The fraction of sp³-hybridized carbons (Fsp3) is 0.263. The average molecular weight is 398 g/mol. The summed E-state index contributed by atoms with van der Waals surface area (Å²) in [4.78, 5) is 44.7. The van der Waals surface area contributed by atoms with Gasteiger partial charge >= 0.3 is 0 Å². The summed E-state index contributed by atoms with van der Waals surface area (Å²) < 4.78 is 6.56. The van der Waals surface area contributed by atoms with E-state index >= 15 is 0 Å². The SMILES string of the molecule is O=C(Cc1cccs1)Nc1cnc2c(C(=O)N3CCOCC3)cccn2c1=O. The minimum absolute atomic E-state index is 0.0787. The van der Waals surface area contributed by atoms with Crippen LogP contribution in [0.25, 0.3) is 5.65 Å². The maximum Gasteiger partial charge on any atom is 0.281 e. The van der Waals surface area contributed by atoms with Crippen LogP contribution in [0.15, 0.2) is 46.8 Å². The van der Waals surface area contributed by atoms with Gasteiger partial charge in [-0.15, -0.1) is 11.3 Å². The molecule has 4 rings (SSSR count). The van der Waals surface area contributed by atoms with Gasteiger partial charge in [-0.2, -0.15) is 0 Å². The zero-order valence-corrected chi connectivity index (χ0v) is 15.8. The van der Waals surface area contributed by atoms with E-state index in [1.165, 1.54) is 28.1 Å². The highest BCUT2D eigenvalue weighted by atomic mass is 32.1. The summed E-state index contributed by atoms with van der Waals surface area (Å²) in [6, 6.07) is 7.00. The Hall–Kier alpha value is -3.04. The van der Waals surface area contributed by atoms with Crippen LogP contribution in [0.4, 0.5) is 5.69 Å². The van der Waals surface area contributed by atoms with Gasteiger partial charge in [0.15, 0.2) is 5.65 Å². The van der Waals surface area contributed by atoms with E-state index in [2.05, 4.69) is 10.3 Å². The van der Waals surface area contributed by atoms with Crippen LogP contribution in [0.2, 0.25) is 0 Å². The molecule has 144 valence electrons. The second-order valence-corrected chi connectivity index (χ2v) is 7.33. The minimum atomic E-state index is -0.429. The Morgan fingerprint density at radius 3 is 2.79 bits per heavy atom. The van der Waals surface area contributed by atoms with Crippen LogP contribution in [0, 0.1) is 0 Å². The average Bonchev–Trinajstić information content (AvgIpc) is 3.23. The normalized spacial score (nSPS) is 14.2. The van der Waals surface area contributed by atoms with Crippen LogP contribution in [-0.4, -0.2) is 52.4 Å². The maximum absolute atomic E-state index is 12.8. The van der Waals surface area contributed by atoms with E-state index in [0.29, 0.717) is 31.9 Å². The van der Waals surface area contributed by atoms with Gasteiger partial charge in [0.2, 0.25) is 5.91 Å². The molecule has 0 saturated carbocycles. The van der Waals surface area contributed by atoms with Crippen molar-refractivity contribution in [1.82, 2.24) is 14.3 Å². The number of morpholine rings is 1. The number of hydrogen-bond donors (Lipinski definition) is 1. The zero-order valence-electron chi connectivity index (χ0n) is 15.0. The first kappa shape index (κ1) is 18.3. The predicted octanol–water partition coefficient (Wildman–Crippen LogP) is 1.41. The molecule has 1 aliphatic heterocycles. The quantitative estimate of drug-likeness (QED) is 0.717. The molecule has 1 aliphatic rings. The van der Waals surface area contributed by atoms with Crippen LogP contribution in [0.5, 0.6) is 0 Å².